The predicted molar refractivity (Wildman–Crippen MR) is 96.9 cm³/mol. The molecule has 1 unspecified atom stereocenters. The minimum atomic E-state index is -0.560. The number of nitrogens with one attached hydrogen (secondary N) is 1. The van der Waals surface area contributed by atoms with E-state index < -0.39 is 5.60 Å². The van der Waals surface area contributed by atoms with Crippen LogP contribution in [0.2, 0.25) is 5.02 Å². The fourth-order valence-corrected chi connectivity index (χ4v) is 3.06. The van der Waals surface area contributed by atoms with Crippen LogP contribution in [-0.2, 0) is 10.3 Å². The fourth-order valence-electron chi connectivity index (χ4n) is 2.50. The first-order chi connectivity index (χ1) is 11.0. The Labute approximate surface area is 150 Å². The molecule has 1 amide bonds. The van der Waals surface area contributed by atoms with Crippen LogP contribution in [0.25, 0.3) is 0 Å². The zero-order valence-electron chi connectivity index (χ0n) is 13.1. The Hall–Kier alpha value is -1.36. The lowest BCUT2D eigenvalue weighted by molar-refractivity contribution is -0.0164. The molecule has 0 saturated heterocycles. The number of ether oxygens (including phenoxy) is 1. The fraction of sp³-hybridized carbons (Fsp3) is 0.278. The van der Waals surface area contributed by atoms with Gasteiger partial charge in [0.15, 0.2) is 0 Å². The van der Waals surface area contributed by atoms with Crippen LogP contribution in [-0.4, -0.2) is 19.6 Å². The quantitative estimate of drug-likeness (QED) is 0.763. The van der Waals surface area contributed by atoms with Crippen LogP contribution in [0.1, 0.15) is 29.3 Å². The number of hydrogen-bond donors (Lipinski definition) is 1. The van der Waals surface area contributed by atoms with Gasteiger partial charge in [-0.2, -0.15) is 0 Å². The molecule has 2 rings (SSSR count). The number of carbonyl (C=O) groups is 1. The number of carbonyl (C=O) groups excluding carboxylic acids is 1. The lowest BCUT2D eigenvalue weighted by atomic mass is 9.90. The van der Waals surface area contributed by atoms with Gasteiger partial charge in [0.25, 0.3) is 5.91 Å². The molecule has 1 atom stereocenters. The van der Waals surface area contributed by atoms with E-state index in [4.69, 9.17) is 16.3 Å². The lowest BCUT2D eigenvalue weighted by Crippen LogP contribution is -2.42. The molecule has 23 heavy (non-hydrogen) atoms. The highest BCUT2D eigenvalue weighted by atomic mass is 79.9. The molecule has 2 aromatic rings. The van der Waals surface area contributed by atoms with Crippen LogP contribution in [0.3, 0.4) is 0 Å². The van der Waals surface area contributed by atoms with E-state index in [0.717, 1.165) is 16.5 Å². The summed E-state index contributed by atoms with van der Waals surface area (Å²) in [5.41, 5.74) is 0.913. The van der Waals surface area contributed by atoms with Crippen molar-refractivity contribution in [3.63, 3.8) is 0 Å². The molecule has 0 radical (unpaired) electrons. The first kappa shape index (κ1) is 18.0. The average Bonchev–Trinajstić information content (AvgIpc) is 2.59. The summed E-state index contributed by atoms with van der Waals surface area (Å²) in [7, 11) is 1.66. The predicted octanol–water partition coefficient (Wildman–Crippen LogP) is 4.78. The molecule has 0 fully saturated rings. The van der Waals surface area contributed by atoms with Crippen molar-refractivity contribution < 1.29 is 9.53 Å². The number of benzene rings is 2. The molecule has 0 aliphatic rings. The zero-order chi connectivity index (χ0) is 16.9. The van der Waals surface area contributed by atoms with Crippen LogP contribution < -0.4 is 5.32 Å². The summed E-state index contributed by atoms with van der Waals surface area (Å²) in [6.07, 6.45) is 0.736. The number of amides is 1. The van der Waals surface area contributed by atoms with Crippen molar-refractivity contribution >= 4 is 33.4 Å². The molecule has 0 saturated carbocycles. The van der Waals surface area contributed by atoms with Crippen LogP contribution in [0, 0.1) is 0 Å². The third-order valence-corrected chi connectivity index (χ3v) is 4.79. The molecule has 2 aromatic carbocycles. The first-order valence-corrected chi connectivity index (χ1v) is 8.53. The second-order valence-electron chi connectivity index (χ2n) is 5.22. The van der Waals surface area contributed by atoms with Crippen molar-refractivity contribution in [1.82, 2.24) is 5.32 Å². The van der Waals surface area contributed by atoms with E-state index in [0.29, 0.717) is 17.1 Å². The minimum Gasteiger partial charge on any atom is -0.372 e. The van der Waals surface area contributed by atoms with Crippen LogP contribution in [0.5, 0.6) is 0 Å². The Morgan fingerprint density at radius 1 is 1.26 bits per heavy atom. The second-order valence-corrected chi connectivity index (χ2v) is 6.55. The molecule has 0 spiro atoms. The minimum absolute atomic E-state index is 0.220. The van der Waals surface area contributed by atoms with Crippen molar-refractivity contribution in [1.29, 1.82) is 0 Å². The maximum atomic E-state index is 12.5. The highest BCUT2D eigenvalue weighted by Crippen LogP contribution is 2.28. The third kappa shape index (κ3) is 4.14. The van der Waals surface area contributed by atoms with E-state index in [1.54, 1.807) is 25.3 Å². The van der Waals surface area contributed by atoms with E-state index in [2.05, 4.69) is 21.2 Å². The van der Waals surface area contributed by atoms with Crippen LogP contribution in [0.4, 0.5) is 0 Å². The van der Waals surface area contributed by atoms with Gasteiger partial charge in [-0.15, -0.1) is 0 Å². The topological polar surface area (TPSA) is 38.3 Å². The summed E-state index contributed by atoms with van der Waals surface area (Å²) in [5, 5.41) is 3.36. The molecule has 122 valence electrons. The third-order valence-electron chi connectivity index (χ3n) is 3.97. The van der Waals surface area contributed by atoms with Crippen molar-refractivity contribution in [3.8, 4) is 0 Å². The van der Waals surface area contributed by atoms with Gasteiger partial charge in [-0.05, 0) is 30.2 Å². The van der Waals surface area contributed by atoms with E-state index in [-0.39, 0.29) is 5.91 Å². The Morgan fingerprint density at radius 3 is 2.57 bits per heavy atom. The van der Waals surface area contributed by atoms with Gasteiger partial charge < -0.3 is 10.1 Å². The molecule has 0 aliphatic heterocycles. The molecule has 0 heterocycles. The Balaban J connectivity index is 2.19. The molecule has 0 bridgehead atoms. The van der Waals surface area contributed by atoms with Crippen molar-refractivity contribution in [2.24, 2.45) is 0 Å². The maximum absolute atomic E-state index is 12.5. The molecule has 1 N–H and O–H groups in total. The van der Waals surface area contributed by atoms with E-state index in [1.165, 1.54) is 0 Å². The average molecular weight is 397 g/mol. The summed E-state index contributed by atoms with van der Waals surface area (Å²) < 4.78 is 6.57. The maximum Gasteiger partial charge on any atom is 0.252 e. The molecular formula is C18H19BrClNO2. The Morgan fingerprint density at radius 2 is 1.96 bits per heavy atom. The van der Waals surface area contributed by atoms with Gasteiger partial charge >= 0.3 is 0 Å². The van der Waals surface area contributed by atoms with E-state index >= 15 is 0 Å². The summed E-state index contributed by atoms with van der Waals surface area (Å²) >= 11 is 9.47. The highest BCUT2D eigenvalue weighted by molar-refractivity contribution is 9.10. The monoisotopic (exact) mass is 395 g/mol. The summed E-state index contributed by atoms with van der Waals surface area (Å²) in [6, 6.07) is 15.1. The van der Waals surface area contributed by atoms with E-state index in [9.17, 15) is 4.79 Å². The molecular weight excluding hydrogens is 378 g/mol. The van der Waals surface area contributed by atoms with Gasteiger partial charge in [-0.3, -0.25) is 4.79 Å². The number of halogens is 2. The van der Waals surface area contributed by atoms with Crippen molar-refractivity contribution in [2.45, 2.75) is 18.9 Å². The standard InChI is InChI=1S/C18H19BrClNO2/c1-3-18(23-2,13-7-5-4-6-8-13)12-21-17(22)15-11-14(19)9-10-16(15)20/h4-11H,3,12H2,1-2H3,(H,21,22). The molecule has 0 aliphatic carbocycles. The SMILES string of the molecule is CCC(CNC(=O)c1cc(Br)ccc1Cl)(OC)c1ccccc1. The van der Waals surface area contributed by atoms with Gasteiger partial charge in [-0.25, -0.2) is 0 Å². The van der Waals surface area contributed by atoms with Gasteiger partial charge in [0.1, 0.15) is 5.60 Å². The first-order valence-electron chi connectivity index (χ1n) is 7.36. The molecule has 5 heteroatoms. The van der Waals surface area contributed by atoms with E-state index in [1.807, 2.05) is 37.3 Å². The largest absolute Gasteiger partial charge is 0.372 e. The van der Waals surface area contributed by atoms with Gasteiger partial charge in [-0.1, -0.05) is 64.8 Å². The highest BCUT2D eigenvalue weighted by Gasteiger charge is 2.30. The Bertz CT molecular complexity index is 672. The second kappa shape index (κ2) is 7.95. The molecule has 0 aromatic heterocycles. The summed E-state index contributed by atoms with van der Waals surface area (Å²) in [6.45, 7) is 2.40. The smallest absolute Gasteiger partial charge is 0.252 e. The zero-order valence-corrected chi connectivity index (χ0v) is 15.4. The van der Waals surface area contributed by atoms with Gasteiger partial charge in [0.2, 0.25) is 0 Å². The number of methoxy groups -OCH3 is 1. The van der Waals surface area contributed by atoms with Crippen molar-refractivity contribution in [3.05, 3.63) is 69.2 Å². The van der Waals surface area contributed by atoms with Gasteiger partial charge in [0, 0.05) is 11.6 Å². The normalized spacial score (nSPS) is 13.4. The number of hydrogen-bond acceptors (Lipinski definition) is 2. The summed E-state index contributed by atoms with van der Waals surface area (Å²) in [4.78, 5) is 12.5. The van der Waals surface area contributed by atoms with Crippen LogP contribution >= 0.6 is 27.5 Å². The lowest BCUT2D eigenvalue weighted by Gasteiger charge is -2.32. The van der Waals surface area contributed by atoms with Gasteiger partial charge in [0.05, 0.1) is 17.1 Å². The van der Waals surface area contributed by atoms with Crippen molar-refractivity contribution in [2.75, 3.05) is 13.7 Å². The molecule has 3 nitrogen and oxygen atoms in total. The Kier molecular flexibility index (Phi) is 6.22. The number of rotatable bonds is 6. The van der Waals surface area contributed by atoms with Crippen LogP contribution in [0.15, 0.2) is 53.0 Å². The summed E-state index contributed by atoms with van der Waals surface area (Å²) in [5.74, 6) is -0.220.